The Morgan fingerprint density at radius 1 is 0.943 bits per heavy atom. The molecule has 4 aromatic rings. The van der Waals surface area contributed by atoms with Gasteiger partial charge < -0.3 is 14.8 Å². The molecule has 0 spiro atoms. The van der Waals surface area contributed by atoms with Crippen LogP contribution in [0.2, 0.25) is 0 Å². The lowest BCUT2D eigenvalue weighted by molar-refractivity contribution is -0.137. The Morgan fingerprint density at radius 3 is 2.34 bits per heavy atom. The Balaban J connectivity index is 1.73. The van der Waals surface area contributed by atoms with Crippen molar-refractivity contribution in [2.24, 2.45) is 0 Å². The summed E-state index contributed by atoms with van der Waals surface area (Å²) >= 11 is 0. The molecule has 0 saturated carbocycles. The average Bonchev–Trinajstić information content (AvgIpc) is 2.83. The molecule has 6 nitrogen and oxygen atoms in total. The summed E-state index contributed by atoms with van der Waals surface area (Å²) in [5, 5.41) is 3.90. The van der Waals surface area contributed by atoms with Gasteiger partial charge in [-0.25, -0.2) is 0 Å². The summed E-state index contributed by atoms with van der Waals surface area (Å²) in [6.45, 7) is 4.79. The maximum absolute atomic E-state index is 13.5. The third-order valence-corrected chi connectivity index (χ3v) is 5.68. The zero-order valence-electron chi connectivity index (χ0n) is 19.8. The number of fused-ring (bicyclic) bond motifs is 1. The number of methoxy groups -OCH3 is 2. The van der Waals surface area contributed by atoms with Crippen molar-refractivity contribution in [1.29, 1.82) is 0 Å². The van der Waals surface area contributed by atoms with Gasteiger partial charge in [-0.3, -0.25) is 4.98 Å². The number of pyridine rings is 1. The highest BCUT2D eigenvalue weighted by Gasteiger charge is 2.34. The lowest BCUT2D eigenvalue weighted by Gasteiger charge is -2.24. The molecule has 0 aliphatic rings. The fraction of sp³-hybridized carbons (Fsp3) is 0.269. The standard InChI is InChI=1S/C26H25F3N4O2/c1-25(2,15-34-3)17-8-10-18(11-9-17)31-23-19-12-7-16(14-21(19)32-24(33-23)35-4)22-20(26(27,28)29)6-5-13-30-22/h5-14H,15H2,1-4H3,(H,31,32,33). The van der Waals surface area contributed by atoms with Crippen LogP contribution < -0.4 is 10.1 Å². The van der Waals surface area contributed by atoms with E-state index in [0.29, 0.717) is 28.9 Å². The van der Waals surface area contributed by atoms with E-state index in [-0.39, 0.29) is 17.1 Å². The van der Waals surface area contributed by atoms with Gasteiger partial charge in [-0.2, -0.15) is 23.1 Å². The van der Waals surface area contributed by atoms with Crippen LogP contribution in [0, 0.1) is 0 Å². The predicted octanol–water partition coefficient (Wildman–Crippen LogP) is 6.39. The number of alkyl halides is 3. The van der Waals surface area contributed by atoms with Crippen LogP contribution in [0.1, 0.15) is 25.0 Å². The van der Waals surface area contributed by atoms with Crippen LogP contribution in [0.15, 0.2) is 60.8 Å². The van der Waals surface area contributed by atoms with E-state index in [1.165, 1.54) is 19.4 Å². The second-order valence-electron chi connectivity index (χ2n) is 8.71. The maximum Gasteiger partial charge on any atom is 0.418 e. The van der Waals surface area contributed by atoms with Crippen molar-refractivity contribution in [3.8, 4) is 17.3 Å². The molecule has 0 radical (unpaired) electrons. The Morgan fingerprint density at radius 2 is 1.69 bits per heavy atom. The molecule has 0 bridgehead atoms. The van der Waals surface area contributed by atoms with Crippen molar-refractivity contribution in [2.75, 3.05) is 26.1 Å². The number of halogens is 3. The first kappa shape index (κ1) is 24.4. The van der Waals surface area contributed by atoms with E-state index in [0.717, 1.165) is 17.3 Å². The second kappa shape index (κ2) is 9.50. The number of aromatic nitrogens is 3. The lowest BCUT2D eigenvalue weighted by Crippen LogP contribution is -2.23. The molecular weight excluding hydrogens is 457 g/mol. The Hall–Kier alpha value is -3.72. The van der Waals surface area contributed by atoms with Gasteiger partial charge in [0.05, 0.1) is 30.5 Å². The lowest BCUT2D eigenvalue weighted by atomic mass is 9.85. The summed E-state index contributed by atoms with van der Waals surface area (Å²) in [6, 6.07) is 15.1. The van der Waals surface area contributed by atoms with Gasteiger partial charge in [0.15, 0.2) is 0 Å². The molecule has 0 aliphatic carbocycles. The van der Waals surface area contributed by atoms with Gasteiger partial charge in [0.25, 0.3) is 0 Å². The molecule has 2 aromatic carbocycles. The van der Waals surface area contributed by atoms with Crippen molar-refractivity contribution in [2.45, 2.75) is 25.4 Å². The van der Waals surface area contributed by atoms with Crippen molar-refractivity contribution < 1.29 is 22.6 Å². The molecule has 0 atom stereocenters. The third-order valence-electron chi connectivity index (χ3n) is 5.68. The van der Waals surface area contributed by atoms with Gasteiger partial charge in [-0.15, -0.1) is 0 Å². The molecule has 4 rings (SSSR count). The Bertz CT molecular complexity index is 1340. The summed E-state index contributed by atoms with van der Waals surface area (Å²) in [4.78, 5) is 12.7. The molecule has 1 N–H and O–H groups in total. The van der Waals surface area contributed by atoms with Gasteiger partial charge in [0.2, 0.25) is 0 Å². The van der Waals surface area contributed by atoms with Crippen LogP contribution >= 0.6 is 0 Å². The molecular formula is C26H25F3N4O2. The summed E-state index contributed by atoms with van der Waals surface area (Å²) < 4.78 is 51.1. The number of hydrogen-bond donors (Lipinski definition) is 1. The number of benzene rings is 2. The Kier molecular flexibility index (Phi) is 6.62. The molecule has 0 amide bonds. The molecule has 0 aliphatic heterocycles. The van der Waals surface area contributed by atoms with E-state index in [4.69, 9.17) is 9.47 Å². The molecule has 2 aromatic heterocycles. The second-order valence-corrected chi connectivity index (χ2v) is 8.71. The first-order valence-electron chi connectivity index (χ1n) is 10.9. The molecule has 9 heteroatoms. The summed E-state index contributed by atoms with van der Waals surface area (Å²) in [5.74, 6) is 0.472. The number of nitrogens with one attached hydrogen (secondary N) is 1. The van der Waals surface area contributed by atoms with Crippen molar-refractivity contribution in [1.82, 2.24) is 15.0 Å². The van der Waals surface area contributed by atoms with E-state index in [2.05, 4.69) is 34.1 Å². The van der Waals surface area contributed by atoms with Gasteiger partial charge in [-0.05, 0) is 42.0 Å². The Labute approximate surface area is 201 Å². The fourth-order valence-corrected chi connectivity index (χ4v) is 3.89. The van der Waals surface area contributed by atoms with Gasteiger partial charge >= 0.3 is 12.2 Å². The highest BCUT2D eigenvalue weighted by atomic mass is 19.4. The van der Waals surface area contributed by atoms with Crippen LogP contribution in [-0.2, 0) is 16.3 Å². The van der Waals surface area contributed by atoms with Crippen molar-refractivity contribution in [3.05, 3.63) is 71.9 Å². The van der Waals surface area contributed by atoms with Crippen LogP contribution in [0.5, 0.6) is 6.01 Å². The average molecular weight is 483 g/mol. The third kappa shape index (κ3) is 5.19. The molecule has 0 saturated heterocycles. The minimum Gasteiger partial charge on any atom is -0.467 e. The van der Waals surface area contributed by atoms with E-state index in [1.807, 2.05) is 24.3 Å². The number of nitrogens with zero attached hydrogens (tertiary/aromatic N) is 3. The van der Waals surface area contributed by atoms with Gasteiger partial charge in [-0.1, -0.05) is 32.0 Å². The number of rotatable bonds is 7. The minimum atomic E-state index is -4.53. The van der Waals surface area contributed by atoms with Crippen LogP contribution in [0.3, 0.4) is 0 Å². The largest absolute Gasteiger partial charge is 0.467 e. The molecule has 2 heterocycles. The topological polar surface area (TPSA) is 69.2 Å². The van der Waals surface area contributed by atoms with Crippen molar-refractivity contribution >= 4 is 22.4 Å². The highest BCUT2D eigenvalue weighted by Crippen LogP contribution is 2.37. The fourth-order valence-electron chi connectivity index (χ4n) is 3.89. The van der Waals surface area contributed by atoms with Gasteiger partial charge in [0.1, 0.15) is 5.82 Å². The minimum absolute atomic E-state index is 0.0899. The highest BCUT2D eigenvalue weighted by molar-refractivity contribution is 5.93. The van der Waals surface area contributed by atoms with E-state index < -0.39 is 11.7 Å². The maximum atomic E-state index is 13.5. The summed E-state index contributed by atoms with van der Waals surface area (Å²) in [5.41, 5.74) is 1.51. The molecule has 0 fully saturated rings. The zero-order valence-corrected chi connectivity index (χ0v) is 19.8. The first-order valence-corrected chi connectivity index (χ1v) is 10.9. The summed E-state index contributed by atoms with van der Waals surface area (Å²) in [7, 11) is 3.11. The number of ether oxygens (including phenoxy) is 2. The number of anilines is 2. The van der Waals surface area contributed by atoms with Crippen LogP contribution in [-0.4, -0.2) is 35.8 Å². The van der Waals surface area contributed by atoms with Crippen LogP contribution in [0.4, 0.5) is 24.7 Å². The predicted molar refractivity (Wildman–Crippen MR) is 129 cm³/mol. The number of hydrogen-bond acceptors (Lipinski definition) is 6. The smallest absolute Gasteiger partial charge is 0.418 e. The monoisotopic (exact) mass is 482 g/mol. The quantitative estimate of drug-likeness (QED) is 0.329. The SMILES string of the molecule is COCC(C)(C)c1ccc(Nc2nc(OC)nc3cc(-c4ncccc4C(F)(F)F)ccc23)cc1. The summed E-state index contributed by atoms with van der Waals surface area (Å²) in [6.07, 6.45) is -3.20. The zero-order chi connectivity index (χ0) is 25.2. The van der Waals surface area contributed by atoms with E-state index >= 15 is 0 Å². The van der Waals surface area contributed by atoms with Crippen LogP contribution in [0.25, 0.3) is 22.2 Å². The molecule has 35 heavy (non-hydrogen) atoms. The normalized spacial score (nSPS) is 12.1. The van der Waals surface area contributed by atoms with E-state index in [1.54, 1.807) is 25.3 Å². The molecule has 182 valence electrons. The first-order chi connectivity index (χ1) is 16.6. The van der Waals surface area contributed by atoms with Gasteiger partial charge in [0, 0.05) is 35.4 Å². The molecule has 0 unspecified atom stereocenters. The van der Waals surface area contributed by atoms with Crippen molar-refractivity contribution in [3.63, 3.8) is 0 Å². The van der Waals surface area contributed by atoms with E-state index in [9.17, 15) is 13.2 Å².